The first-order valence-electron chi connectivity index (χ1n) is 4.99. The molecule has 0 unspecified atom stereocenters. The van der Waals surface area contributed by atoms with Crippen molar-refractivity contribution in [1.29, 1.82) is 5.53 Å². The maximum Gasteiger partial charge on any atom is 0.270 e. The zero-order valence-electron chi connectivity index (χ0n) is 9.35. The predicted octanol–water partition coefficient (Wildman–Crippen LogP) is 4.14. The van der Waals surface area contributed by atoms with Crippen LogP contribution in [0.15, 0.2) is 54.6 Å². The number of non-ortho nitro benzene ring substituents is 1. The highest BCUT2D eigenvalue weighted by Crippen LogP contribution is 2.23. The average Bonchev–Trinajstić information content (AvgIpc) is 2.41. The number of hydrogen-bond donors (Lipinski definition) is 1. The Morgan fingerprint density at radius 3 is 2.17 bits per heavy atom. The molecule has 18 heavy (non-hydrogen) atoms. The van der Waals surface area contributed by atoms with E-state index in [0.29, 0.717) is 0 Å². The minimum Gasteiger partial charge on any atom is -0.258 e. The van der Waals surface area contributed by atoms with Crippen molar-refractivity contribution in [2.45, 2.75) is 0 Å². The molecule has 90 valence electrons. The third kappa shape index (κ3) is 3.62. The Morgan fingerprint density at radius 2 is 1.61 bits per heavy atom. The standard InChI is InChI=1S/C12H9NO2.HN3/c14-13(15)12-8-4-7-11(9-12)10-5-2-1-3-6-10;1-3-2/h1-9H;1H. The van der Waals surface area contributed by atoms with E-state index in [2.05, 4.69) is 0 Å². The quantitative estimate of drug-likeness (QED) is 0.281. The Hall–Kier alpha value is -2.85. The fourth-order valence-electron chi connectivity index (χ4n) is 1.43. The van der Waals surface area contributed by atoms with Crippen molar-refractivity contribution in [1.82, 2.24) is 0 Å². The number of nitrogens with zero attached hydrogens (tertiary/aromatic N) is 3. The predicted molar refractivity (Wildman–Crippen MR) is 68.0 cm³/mol. The molecule has 2 aromatic rings. The first-order chi connectivity index (χ1) is 8.69. The van der Waals surface area contributed by atoms with Gasteiger partial charge in [-0.15, -0.1) is 5.53 Å². The van der Waals surface area contributed by atoms with Gasteiger partial charge in [-0.3, -0.25) is 10.1 Å². The minimum absolute atomic E-state index is 0.122. The van der Waals surface area contributed by atoms with Crippen LogP contribution < -0.4 is 0 Å². The summed E-state index contributed by atoms with van der Waals surface area (Å²) in [5, 5.41) is 10.6. The monoisotopic (exact) mass is 242 g/mol. The SMILES string of the molecule is O=[N+]([O-])c1cccc(-c2ccccc2)c1.[N-]=[N+]=N. The van der Waals surface area contributed by atoms with Gasteiger partial charge in [0.15, 0.2) is 0 Å². The summed E-state index contributed by atoms with van der Waals surface area (Å²) in [6, 6.07) is 16.2. The molecular weight excluding hydrogens is 232 g/mol. The van der Waals surface area contributed by atoms with Gasteiger partial charge in [-0.1, -0.05) is 42.5 Å². The van der Waals surface area contributed by atoms with Crippen LogP contribution in [0.3, 0.4) is 0 Å². The van der Waals surface area contributed by atoms with Crippen LogP contribution in [0.25, 0.3) is 21.6 Å². The Kier molecular flexibility index (Phi) is 4.90. The van der Waals surface area contributed by atoms with E-state index < -0.39 is 0 Å². The summed E-state index contributed by atoms with van der Waals surface area (Å²) in [4.78, 5) is 12.0. The topological polar surface area (TPSA) is 103 Å². The van der Waals surface area contributed by atoms with Crippen LogP contribution in [-0.2, 0) is 0 Å². The number of hydrogen-bond acceptors (Lipinski definition) is 3. The van der Waals surface area contributed by atoms with E-state index in [0.717, 1.165) is 11.1 Å². The van der Waals surface area contributed by atoms with Gasteiger partial charge in [0.05, 0.1) is 4.92 Å². The van der Waals surface area contributed by atoms with E-state index in [1.807, 2.05) is 36.4 Å². The van der Waals surface area contributed by atoms with Gasteiger partial charge in [-0.05, 0) is 21.6 Å². The molecule has 0 aliphatic rings. The van der Waals surface area contributed by atoms with E-state index in [-0.39, 0.29) is 10.6 Å². The molecule has 0 saturated carbocycles. The first kappa shape index (κ1) is 13.2. The van der Waals surface area contributed by atoms with Crippen LogP contribution in [0.1, 0.15) is 0 Å². The van der Waals surface area contributed by atoms with Crippen molar-refractivity contribution < 1.29 is 4.92 Å². The Morgan fingerprint density at radius 1 is 1.06 bits per heavy atom. The second-order valence-electron chi connectivity index (χ2n) is 3.27. The molecule has 0 atom stereocenters. The fourth-order valence-corrected chi connectivity index (χ4v) is 1.43. The van der Waals surface area contributed by atoms with E-state index in [1.165, 1.54) is 6.07 Å². The normalized spacial score (nSPS) is 8.67. The molecule has 2 rings (SSSR count). The van der Waals surface area contributed by atoms with Gasteiger partial charge < -0.3 is 0 Å². The highest BCUT2D eigenvalue weighted by molar-refractivity contribution is 5.65. The lowest BCUT2D eigenvalue weighted by Crippen LogP contribution is -1.87. The van der Waals surface area contributed by atoms with Crippen molar-refractivity contribution in [3.05, 3.63) is 75.2 Å². The Bertz CT molecular complexity index is 563. The third-order valence-corrected chi connectivity index (χ3v) is 2.16. The van der Waals surface area contributed by atoms with Gasteiger partial charge in [0.2, 0.25) is 0 Å². The molecular formula is C12H10N4O2. The first-order valence-corrected chi connectivity index (χ1v) is 4.99. The van der Waals surface area contributed by atoms with Gasteiger partial charge in [0.1, 0.15) is 0 Å². The summed E-state index contributed by atoms with van der Waals surface area (Å²) in [5.41, 5.74) is 14.2. The van der Waals surface area contributed by atoms with Crippen LogP contribution in [-0.4, -0.2) is 4.92 Å². The lowest BCUT2D eigenvalue weighted by molar-refractivity contribution is -0.384. The second-order valence-corrected chi connectivity index (χ2v) is 3.27. The summed E-state index contributed by atoms with van der Waals surface area (Å²) in [6.07, 6.45) is 0. The zero-order chi connectivity index (χ0) is 13.4. The number of benzene rings is 2. The van der Waals surface area contributed by atoms with Gasteiger partial charge in [0.25, 0.3) is 5.69 Å². The molecule has 0 fully saturated rings. The van der Waals surface area contributed by atoms with Crippen molar-refractivity contribution >= 4 is 5.69 Å². The van der Waals surface area contributed by atoms with Crippen LogP contribution >= 0.6 is 0 Å². The summed E-state index contributed by atoms with van der Waals surface area (Å²) >= 11 is 0. The van der Waals surface area contributed by atoms with Gasteiger partial charge >= 0.3 is 0 Å². The number of nitrogens with one attached hydrogen (secondary N) is 1. The molecule has 0 radical (unpaired) electrons. The van der Waals surface area contributed by atoms with Gasteiger partial charge in [-0.2, -0.15) is 0 Å². The molecule has 0 saturated heterocycles. The summed E-state index contributed by atoms with van der Waals surface area (Å²) in [6.45, 7) is 0. The lowest BCUT2D eigenvalue weighted by Gasteiger charge is -2.00. The van der Waals surface area contributed by atoms with Crippen LogP contribution in [0.2, 0.25) is 0 Å². The molecule has 1 N–H and O–H groups in total. The maximum atomic E-state index is 10.6. The Labute approximate surface area is 103 Å². The fraction of sp³-hybridized carbons (Fsp3) is 0. The van der Waals surface area contributed by atoms with E-state index in [9.17, 15) is 10.1 Å². The minimum atomic E-state index is -0.382. The van der Waals surface area contributed by atoms with Gasteiger partial charge in [0, 0.05) is 12.1 Å². The molecule has 6 nitrogen and oxygen atoms in total. The summed E-state index contributed by atoms with van der Waals surface area (Å²) < 4.78 is 0. The molecule has 0 bridgehead atoms. The third-order valence-electron chi connectivity index (χ3n) is 2.16. The van der Waals surface area contributed by atoms with Crippen LogP contribution in [0, 0.1) is 15.6 Å². The molecule has 0 aliphatic carbocycles. The molecule has 2 aromatic carbocycles. The second kappa shape index (κ2) is 6.67. The van der Waals surface area contributed by atoms with E-state index in [4.69, 9.17) is 11.1 Å². The largest absolute Gasteiger partial charge is 0.270 e. The average molecular weight is 242 g/mol. The van der Waals surface area contributed by atoms with Crippen LogP contribution in [0.4, 0.5) is 5.69 Å². The molecule has 0 aliphatic heterocycles. The molecule has 0 spiro atoms. The molecule has 0 aromatic heterocycles. The zero-order valence-corrected chi connectivity index (χ0v) is 9.35. The number of rotatable bonds is 2. The number of nitro benzene ring substituents is 1. The summed E-state index contributed by atoms with van der Waals surface area (Å²) in [5.74, 6) is 0. The van der Waals surface area contributed by atoms with Crippen molar-refractivity contribution in [2.75, 3.05) is 0 Å². The highest BCUT2D eigenvalue weighted by atomic mass is 16.6. The summed E-state index contributed by atoms with van der Waals surface area (Å²) in [7, 11) is 0. The Balaban J connectivity index is 0.000000492. The van der Waals surface area contributed by atoms with E-state index >= 15 is 0 Å². The van der Waals surface area contributed by atoms with Crippen molar-refractivity contribution in [2.24, 2.45) is 0 Å². The highest BCUT2D eigenvalue weighted by Gasteiger charge is 2.05. The molecule has 6 heteroatoms. The number of nitro groups is 1. The lowest BCUT2D eigenvalue weighted by atomic mass is 10.1. The maximum absolute atomic E-state index is 10.6. The molecule has 0 heterocycles. The van der Waals surface area contributed by atoms with Crippen molar-refractivity contribution in [3.8, 4) is 11.1 Å². The van der Waals surface area contributed by atoms with Crippen molar-refractivity contribution in [3.63, 3.8) is 0 Å². The van der Waals surface area contributed by atoms with E-state index in [1.54, 1.807) is 17.0 Å². The smallest absolute Gasteiger partial charge is 0.258 e. The molecule has 0 amide bonds. The van der Waals surface area contributed by atoms with Crippen LogP contribution in [0.5, 0.6) is 0 Å². The van der Waals surface area contributed by atoms with Gasteiger partial charge in [-0.25, -0.2) is 0 Å².